The van der Waals surface area contributed by atoms with E-state index in [2.05, 4.69) is 51.7 Å². The molecule has 0 N–H and O–H groups in total. The minimum atomic E-state index is -1.11. The predicted molar refractivity (Wildman–Crippen MR) is 103 cm³/mol. The normalized spacial score (nSPS) is 12.3. The molecule has 0 radical (unpaired) electrons. The van der Waals surface area contributed by atoms with Crippen molar-refractivity contribution in [2.24, 2.45) is 0 Å². The molecule has 0 fully saturated rings. The van der Waals surface area contributed by atoms with Gasteiger partial charge in [0.15, 0.2) is 0 Å². The fourth-order valence-electron chi connectivity index (χ4n) is 2.75. The Bertz CT molecular complexity index is 751. The first-order chi connectivity index (χ1) is 12.3. The quantitative estimate of drug-likeness (QED) is 0.566. The summed E-state index contributed by atoms with van der Waals surface area (Å²) in [7, 11) is 0. The van der Waals surface area contributed by atoms with E-state index in [1.165, 1.54) is 0 Å². The maximum absolute atomic E-state index is 11.3. The van der Waals surface area contributed by atoms with Gasteiger partial charge >= 0.3 is 51.4 Å². The summed E-state index contributed by atoms with van der Waals surface area (Å²) in [6.45, 7) is 17.2. The van der Waals surface area contributed by atoms with Gasteiger partial charge in [-0.15, -0.1) is 0 Å². The van der Waals surface area contributed by atoms with Gasteiger partial charge in [0.1, 0.15) is 0 Å². The van der Waals surface area contributed by atoms with E-state index < -0.39 is 5.97 Å². The molecule has 2 aromatic rings. The molecule has 0 aliphatic heterocycles. The molecule has 0 aliphatic carbocycles. The first kappa shape index (κ1) is 25.5. The Kier molecular flexibility index (Phi) is 8.69. The van der Waals surface area contributed by atoms with Crippen LogP contribution in [0.2, 0.25) is 0 Å². The minimum absolute atomic E-state index is 0. The smallest absolute Gasteiger partial charge is 0.549 e. The SMILES string of the molecule is Cc1cc(C(C)(C)C)nn1CN(CC(=O)[O-])Cn1nc(C(C)(C)C)cc1C.[K+]. The molecule has 0 aliphatic rings. The van der Waals surface area contributed by atoms with Gasteiger partial charge in [0.05, 0.1) is 30.7 Å². The minimum Gasteiger partial charge on any atom is -0.549 e. The van der Waals surface area contributed by atoms with Gasteiger partial charge in [-0.1, -0.05) is 41.5 Å². The molecule has 2 rings (SSSR count). The van der Waals surface area contributed by atoms with Gasteiger partial charge in [-0.05, 0) is 26.0 Å². The number of aliphatic carboxylic acids is 1. The van der Waals surface area contributed by atoms with Crippen molar-refractivity contribution < 1.29 is 61.3 Å². The number of hydrogen-bond donors (Lipinski definition) is 0. The first-order valence-corrected chi connectivity index (χ1v) is 9.29. The molecule has 7 nitrogen and oxygen atoms in total. The monoisotopic (exact) mass is 413 g/mol. The van der Waals surface area contributed by atoms with E-state index in [-0.39, 0.29) is 68.8 Å². The number of aryl methyl sites for hydroxylation is 2. The van der Waals surface area contributed by atoms with Crippen LogP contribution in [-0.4, -0.2) is 37.0 Å². The predicted octanol–water partition coefficient (Wildman–Crippen LogP) is -1.04. The van der Waals surface area contributed by atoms with Crippen LogP contribution in [0.3, 0.4) is 0 Å². The third kappa shape index (κ3) is 6.78. The van der Waals surface area contributed by atoms with Crippen LogP contribution in [0.1, 0.15) is 64.3 Å². The Morgan fingerprint density at radius 1 is 0.929 bits per heavy atom. The maximum atomic E-state index is 11.3. The molecule has 2 aromatic heterocycles. The zero-order chi connectivity index (χ0) is 20.6. The molecule has 2 heterocycles. The van der Waals surface area contributed by atoms with Gasteiger partial charge in [0, 0.05) is 28.8 Å². The molecule has 0 spiro atoms. The van der Waals surface area contributed by atoms with Crippen molar-refractivity contribution in [1.29, 1.82) is 0 Å². The zero-order valence-electron chi connectivity index (χ0n) is 18.8. The Morgan fingerprint density at radius 3 is 1.54 bits per heavy atom. The van der Waals surface area contributed by atoms with Crippen molar-refractivity contribution in [1.82, 2.24) is 24.5 Å². The summed E-state index contributed by atoms with van der Waals surface area (Å²) in [6.07, 6.45) is 0. The second-order valence-corrected chi connectivity index (χ2v) is 9.32. The largest absolute Gasteiger partial charge is 1.00 e. The van der Waals surface area contributed by atoms with Gasteiger partial charge in [-0.3, -0.25) is 14.3 Å². The summed E-state index contributed by atoms with van der Waals surface area (Å²) >= 11 is 0. The van der Waals surface area contributed by atoms with E-state index in [0.717, 1.165) is 22.8 Å². The van der Waals surface area contributed by atoms with Gasteiger partial charge in [0.2, 0.25) is 0 Å². The van der Waals surface area contributed by atoms with Crippen LogP contribution in [0.4, 0.5) is 0 Å². The number of aromatic nitrogens is 4. The molecule has 0 bridgehead atoms. The summed E-state index contributed by atoms with van der Waals surface area (Å²) in [6, 6.07) is 4.10. The Balaban J connectivity index is 0.00000392. The first-order valence-electron chi connectivity index (χ1n) is 9.29. The number of carboxylic acid groups (broad SMARTS) is 1. The summed E-state index contributed by atoms with van der Waals surface area (Å²) in [5.41, 5.74) is 3.84. The summed E-state index contributed by atoms with van der Waals surface area (Å²) < 4.78 is 3.68. The third-order valence-electron chi connectivity index (χ3n) is 4.52. The Hall–Kier alpha value is -0.514. The third-order valence-corrected chi connectivity index (χ3v) is 4.52. The van der Waals surface area contributed by atoms with E-state index in [1.807, 2.05) is 35.3 Å². The van der Waals surface area contributed by atoms with Gasteiger partial charge in [-0.25, -0.2) is 0 Å². The van der Waals surface area contributed by atoms with Crippen LogP contribution in [0, 0.1) is 13.8 Å². The van der Waals surface area contributed by atoms with Crippen LogP contribution in [-0.2, 0) is 29.0 Å². The van der Waals surface area contributed by atoms with E-state index >= 15 is 0 Å². The number of carbonyl (C=O) groups excluding carboxylic acids is 1. The summed E-state index contributed by atoms with van der Waals surface area (Å²) in [5, 5.41) is 20.6. The van der Waals surface area contributed by atoms with Gasteiger partial charge in [0.25, 0.3) is 0 Å². The standard InChI is InChI=1S/C20H33N5O2.K/c1-14-9-16(19(3,4)5)21-24(14)12-23(11-18(26)27)13-25-15(2)10-17(22-25)20(6,7)8;/h9-10H,11-13H2,1-8H3,(H,26,27);/q;+1/p-1. The molecule has 0 atom stereocenters. The average molecular weight is 414 g/mol. The molecule has 0 amide bonds. The second kappa shape index (κ2) is 9.53. The number of nitrogens with zero attached hydrogens (tertiary/aromatic N) is 5. The molecular weight excluding hydrogens is 381 g/mol. The van der Waals surface area contributed by atoms with E-state index in [0.29, 0.717) is 13.3 Å². The molecule has 28 heavy (non-hydrogen) atoms. The van der Waals surface area contributed by atoms with Crippen LogP contribution in [0.5, 0.6) is 0 Å². The fraction of sp³-hybridized carbons (Fsp3) is 0.650. The molecular formula is C20H32KN5O2. The zero-order valence-corrected chi connectivity index (χ0v) is 22.0. The average Bonchev–Trinajstić information content (AvgIpc) is 3.02. The van der Waals surface area contributed by atoms with Crippen molar-refractivity contribution in [3.63, 3.8) is 0 Å². The number of carbonyl (C=O) groups is 1. The molecule has 0 aromatic carbocycles. The van der Waals surface area contributed by atoms with Crippen LogP contribution < -0.4 is 56.5 Å². The fourth-order valence-corrected chi connectivity index (χ4v) is 2.75. The van der Waals surface area contributed by atoms with Crippen molar-refractivity contribution >= 4 is 5.97 Å². The van der Waals surface area contributed by atoms with Crippen molar-refractivity contribution in [2.75, 3.05) is 6.54 Å². The summed E-state index contributed by atoms with van der Waals surface area (Å²) in [4.78, 5) is 13.0. The van der Waals surface area contributed by atoms with Crippen molar-refractivity contribution in [2.45, 2.75) is 79.6 Å². The molecule has 0 saturated heterocycles. The van der Waals surface area contributed by atoms with E-state index in [9.17, 15) is 9.90 Å². The van der Waals surface area contributed by atoms with Crippen molar-refractivity contribution in [3.8, 4) is 0 Å². The number of hydrogen-bond acceptors (Lipinski definition) is 5. The molecule has 8 heteroatoms. The van der Waals surface area contributed by atoms with Gasteiger partial charge in [-0.2, -0.15) is 10.2 Å². The van der Waals surface area contributed by atoms with Crippen LogP contribution >= 0.6 is 0 Å². The molecule has 0 saturated carbocycles. The van der Waals surface area contributed by atoms with Crippen LogP contribution in [0.25, 0.3) is 0 Å². The Morgan fingerprint density at radius 2 is 1.29 bits per heavy atom. The van der Waals surface area contributed by atoms with Crippen LogP contribution in [0.15, 0.2) is 12.1 Å². The van der Waals surface area contributed by atoms with Crippen molar-refractivity contribution in [3.05, 3.63) is 34.9 Å². The van der Waals surface area contributed by atoms with E-state index in [4.69, 9.17) is 0 Å². The number of carboxylic acids is 1. The molecule has 150 valence electrons. The second-order valence-electron chi connectivity index (χ2n) is 9.32. The van der Waals surface area contributed by atoms with E-state index in [1.54, 1.807) is 4.90 Å². The maximum Gasteiger partial charge on any atom is 1.00 e. The summed E-state index contributed by atoms with van der Waals surface area (Å²) in [5.74, 6) is -1.11. The Labute approximate surface area is 210 Å². The number of rotatable bonds is 6. The topological polar surface area (TPSA) is 79.0 Å². The molecule has 0 unspecified atom stereocenters. The van der Waals surface area contributed by atoms with Gasteiger partial charge < -0.3 is 9.90 Å².